The summed E-state index contributed by atoms with van der Waals surface area (Å²) in [4.78, 5) is 50.1. The molecule has 16 atom stereocenters. The summed E-state index contributed by atoms with van der Waals surface area (Å²) in [6.45, 7) is 4.86. The lowest BCUT2D eigenvalue weighted by atomic mass is 9.60. The van der Waals surface area contributed by atoms with E-state index in [2.05, 4.69) is 35.1 Å². The fraction of sp³-hybridized carbons (Fsp3) is 0.875. The Morgan fingerprint density at radius 3 is 1.33 bits per heavy atom. The van der Waals surface area contributed by atoms with E-state index in [4.69, 9.17) is 9.47 Å². The zero-order valence-corrected chi connectivity index (χ0v) is 25.2. The fourth-order valence-electron chi connectivity index (χ4n) is 13.4. The number of hydrogen-bond donors (Lipinski definition) is 4. The monoisotopic (exact) mass is 582 g/mol. The summed E-state index contributed by atoms with van der Waals surface area (Å²) in [7, 11) is 3.20. The van der Waals surface area contributed by atoms with Crippen molar-refractivity contribution in [1.82, 2.24) is 21.3 Å². The molecule has 6 aliphatic carbocycles. The van der Waals surface area contributed by atoms with E-state index in [0.717, 1.165) is 25.7 Å². The van der Waals surface area contributed by atoms with Crippen LogP contribution in [0.3, 0.4) is 0 Å². The zero-order chi connectivity index (χ0) is 29.3. The smallest absolute Gasteiger partial charge is 0.222 e. The average molecular weight is 583 g/mol. The molecule has 0 aromatic carbocycles. The van der Waals surface area contributed by atoms with Gasteiger partial charge in [0.05, 0.1) is 12.2 Å². The Balaban J connectivity index is 1.14. The third-order valence-electron chi connectivity index (χ3n) is 14.2. The number of carbonyl (C=O) groups is 4. The highest BCUT2D eigenvalue weighted by atomic mass is 16.5. The largest absolute Gasteiger partial charge is 0.359 e. The molecule has 10 nitrogen and oxygen atoms in total. The molecule has 4 N–H and O–H groups in total. The number of rotatable bonds is 8. The van der Waals surface area contributed by atoms with Crippen LogP contribution in [0.4, 0.5) is 0 Å². The maximum absolute atomic E-state index is 13.2. The van der Waals surface area contributed by atoms with Crippen molar-refractivity contribution < 1.29 is 28.7 Å². The van der Waals surface area contributed by atoms with Gasteiger partial charge in [0, 0.05) is 50.6 Å². The molecule has 8 rings (SSSR count). The van der Waals surface area contributed by atoms with Gasteiger partial charge >= 0.3 is 0 Å². The summed E-state index contributed by atoms with van der Waals surface area (Å²) >= 11 is 0. The molecule has 2 heterocycles. The van der Waals surface area contributed by atoms with Gasteiger partial charge in [-0.25, -0.2) is 0 Å². The second-order valence-corrected chi connectivity index (χ2v) is 15.2. The maximum Gasteiger partial charge on any atom is 0.222 e. The molecular formula is C32H46N4O6. The molecule has 0 bridgehead atoms. The van der Waals surface area contributed by atoms with E-state index in [0.29, 0.717) is 59.2 Å². The topological polar surface area (TPSA) is 135 Å². The molecule has 4 amide bonds. The van der Waals surface area contributed by atoms with Crippen molar-refractivity contribution in [1.29, 1.82) is 0 Å². The minimum absolute atomic E-state index is 0.100. The Bertz CT molecular complexity index is 1140. The molecule has 42 heavy (non-hydrogen) atoms. The number of fused-ring (bicyclic) bond motifs is 4. The summed E-state index contributed by atoms with van der Waals surface area (Å²) in [6.07, 6.45) is 4.56. The first-order valence-electron chi connectivity index (χ1n) is 16.4. The van der Waals surface area contributed by atoms with Crippen molar-refractivity contribution in [3.63, 3.8) is 0 Å². The molecular weight excluding hydrogens is 536 g/mol. The van der Waals surface area contributed by atoms with Crippen LogP contribution in [0.5, 0.6) is 0 Å². The van der Waals surface area contributed by atoms with Crippen LogP contribution in [0, 0.1) is 70.0 Å². The molecule has 230 valence electrons. The van der Waals surface area contributed by atoms with Gasteiger partial charge in [-0.05, 0) is 84.9 Å². The summed E-state index contributed by atoms with van der Waals surface area (Å²) in [5.74, 6) is 4.58. The SMILES string of the molecule is CNC(=O)CCC(=O)N[C@H]1O[C@H]2CC[C@@H]3[C@H]2[C@@H]2[C@@H]4[C@H]5[C@H]6[C@H]7[C@@H](CC[C@H]7O[C@H](NC(=O)CCC(=O)NC)[C@@]6(C)[C@@H]34)[C@H]5[C@@]21C. The number of carbonyl (C=O) groups excluding carboxylic acids is 4. The Hall–Kier alpha value is -2.20. The minimum Gasteiger partial charge on any atom is -0.359 e. The van der Waals surface area contributed by atoms with Crippen molar-refractivity contribution in [3.8, 4) is 0 Å². The quantitative estimate of drug-likeness (QED) is 0.343. The third-order valence-corrected chi connectivity index (χ3v) is 14.2. The Labute approximate surface area is 247 Å². The molecule has 2 saturated heterocycles. The van der Waals surface area contributed by atoms with Crippen LogP contribution in [0.25, 0.3) is 0 Å². The first-order chi connectivity index (χ1) is 20.1. The van der Waals surface area contributed by atoms with E-state index in [9.17, 15) is 19.2 Å². The van der Waals surface area contributed by atoms with Gasteiger partial charge in [0.1, 0.15) is 12.5 Å². The Kier molecular flexibility index (Phi) is 5.97. The molecule has 0 unspecified atom stereocenters. The normalized spacial score (nSPS) is 52.7. The van der Waals surface area contributed by atoms with E-state index in [1.54, 1.807) is 14.1 Å². The van der Waals surface area contributed by atoms with Gasteiger partial charge in [0.2, 0.25) is 23.6 Å². The zero-order valence-electron chi connectivity index (χ0n) is 25.2. The summed E-state index contributed by atoms with van der Waals surface area (Å²) in [5.41, 5.74) is -0.304. The minimum atomic E-state index is -0.333. The van der Waals surface area contributed by atoms with Crippen LogP contribution in [0.1, 0.15) is 65.2 Å². The molecule has 10 heteroatoms. The van der Waals surface area contributed by atoms with Crippen molar-refractivity contribution in [2.75, 3.05) is 14.1 Å². The van der Waals surface area contributed by atoms with E-state index in [1.807, 2.05) is 0 Å². The summed E-state index contributed by atoms with van der Waals surface area (Å²) in [5, 5.41) is 11.9. The van der Waals surface area contributed by atoms with Crippen molar-refractivity contribution in [2.45, 2.75) is 89.9 Å². The van der Waals surface area contributed by atoms with Gasteiger partial charge in [-0.1, -0.05) is 13.8 Å². The van der Waals surface area contributed by atoms with E-state index >= 15 is 0 Å². The summed E-state index contributed by atoms with van der Waals surface area (Å²) in [6, 6.07) is 0. The fourth-order valence-corrected chi connectivity index (χ4v) is 13.4. The molecule has 2 aliphatic heterocycles. The molecule has 8 aliphatic rings. The molecule has 8 fully saturated rings. The first kappa shape index (κ1) is 27.4. The molecule has 0 radical (unpaired) electrons. The van der Waals surface area contributed by atoms with Crippen LogP contribution >= 0.6 is 0 Å². The molecule has 0 spiro atoms. The van der Waals surface area contributed by atoms with Gasteiger partial charge in [-0.15, -0.1) is 0 Å². The highest BCUT2D eigenvalue weighted by Crippen LogP contribution is 2.87. The number of ether oxygens (including phenoxy) is 2. The number of nitrogens with one attached hydrogen (secondary N) is 4. The summed E-state index contributed by atoms with van der Waals surface area (Å²) < 4.78 is 13.9. The Morgan fingerprint density at radius 2 is 0.952 bits per heavy atom. The van der Waals surface area contributed by atoms with Crippen LogP contribution in [0.15, 0.2) is 0 Å². The van der Waals surface area contributed by atoms with Gasteiger partial charge in [-0.2, -0.15) is 0 Å². The molecule has 0 aromatic rings. The second kappa shape index (κ2) is 9.16. The second-order valence-electron chi connectivity index (χ2n) is 15.2. The standard InChI is InChI=1S/C32H46N4O6/c1-31-25-13-5-7-16-22(13)28-23(25)24-26(32(28,2)30(42-16)36-20(40)12-10-18(38)34-4)14-6-8-15(21(14)27(24)31)41-29(31)35-19(39)11-9-17(37)33-3/h13-16,21-30H,5-12H2,1-4H3,(H,33,37)(H,34,38)(H,35,39)(H,36,40)/t13-,14-,15-,16+,21+,22-,23-,24-,25+,26-,27-,28-,29+,30+,31+,32+/m1/s1. The van der Waals surface area contributed by atoms with Crippen LogP contribution < -0.4 is 21.3 Å². The predicted octanol–water partition coefficient (Wildman–Crippen LogP) is 1.54. The van der Waals surface area contributed by atoms with Gasteiger partial charge in [-0.3, -0.25) is 19.2 Å². The molecule has 0 aromatic heterocycles. The van der Waals surface area contributed by atoms with E-state index in [1.165, 1.54) is 0 Å². The van der Waals surface area contributed by atoms with Crippen molar-refractivity contribution in [2.24, 2.45) is 70.0 Å². The third kappa shape index (κ3) is 3.23. The highest BCUT2D eigenvalue weighted by molar-refractivity contribution is 5.84. The van der Waals surface area contributed by atoms with Crippen LogP contribution in [0.2, 0.25) is 0 Å². The lowest BCUT2D eigenvalue weighted by molar-refractivity contribution is -0.208. The van der Waals surface area contributed by atoms with Gasteiger partial charge < -0.3 is 30.7 Å². The highest BCUT2D eigenvalue weighted by Gasteiger charge is 2.87. The molecule has 6 saturated carbocycles. The lowest BCUT2D eigenvalue weighted by Crippen LogP contribution is -2.61. The van der Waals surface area contributed by atoms with Gasteiger partial charge in [0.15, 0.2) is 0 Å². The first-order valence-corrected chi connectivity index (χ1v) is 16.4. The van der Waals surface area contributed by atoms with E-state index < -0.39 is 0 Å². The van der Waals surface area contributed by atoms with Crippen molar-refractivity contribution in [3.05, 3.63) is 0 Å². The van der Waals surface area contributed by atoms with Gasteiger partial charge in [0.25, 0.3) is 0 Å². The number of hydrogen-bond acceptors (Lipinski definition) is 6. The maximum atomic E-state index is 13.2. The number of amides is 4. The lowest BCUT2D eigenvalue weighted by Gasteiger charge is -2.53. The van der Waals surface area contributed by atoms with E-state index in [-0.39, 0.29) is 84.8 Å². The van der Waals surface area contributed by atoms with Crippen molar-refractivity contribution >= 4 is 23.6 Å². The Morgan fingerprint density at radius 1 is 0.571 bits per heavy atom. The average Bonchev–Trinajstić information content (AvgIpc) is 3.77. The van der Waals surface area contributed by atoms with Crippen LogP contribution in [-0.2, 0) is 28.7 Å². The predicted molar refractivity (Wildman–Crippen MR) is 150 cm³/mol. The van der Waals surface area contributed by atoms with Crippen LogP contribution in [-0.4, -0.2) is 62.4 Å².